The number of carbonyl (C=O) groups is 1. The van der Waals surface area contributed by atoms with E-state index in [0.29, 0.717) is 50.7 Å². The fourth-order valence-electron chi connectivity index (χ4n) is 4.81. The van der Waals surface area contributed by atoms with E-state index in [1.54, 1.807) is 24.1 Å². The summed E-state index contributed by atoms with van der Waals surface area (Å²) in [5.41, 5.74) is 2.95. The molecule has 35 heavy (non-hydrogen) atoms. The number of urea groups is 1. The number of H-pyrrole nitrogens is 1. The number of rotatable bonds is 6. The highest BCUT2D eigenvalue weighted by Crippen LogP contribution is 2.36. The smallest absolute Gasteiger partial charge is 0.384 e. The summed E-state index contributed by atoms with van der Waals surface area (Å²) in [5.74, 6) is 0.916. The summed E-state index contributed by atoms with van der Waals surface area (Å²) >= 11 is 0. The topological polar surface area (TPSA) is 78.5 Å². The first-order chi connectivity index (χ1) is 16.7. The minimum atomic E-state index is -4.25. The van der Waals surface area contributed by atoms with Gasteiger partial charge in [-0.2, -0.15) is 18.3 Å². The molecule has 2 atom stereocenters. The third-order valence-corrected chi connectivity index (χ3v) is 7.95. The maximum absolute atomic E-state index is 13.4. The van der Waals surface area contributed by atoms with Crippen molar-refractivity contribution in [3.8, 4) is 0 Å². The molecule has 1 aromatic carbocycles. The molecule has 1 N–H and O–H groups in total. The van der Waals surface area contributed by atoms with Crippen molar-refractivity contribution < 1.29 is 26.9 Å². The summed E-state index contributed by atoms with van der Waals surface area (Å²) in [4.78, 5) is 16.9. The van der Waals surface area contributed by atoms with Crippen molar-refractivity contribution in [1.82, 2.24) is 20.0 Å². The predicted molar refractivity (Wildman–Crippen MR) is 127 cm³/mol. The van der Waals surface area contributed by atoms with Crippen LogP contribution in [-0.4, -0.2) is 87.8 Å². The van der Waals surface area contributed by atoms with Gasteiger partial charge in [0.2, 0.25) is 0 Å². The first-order valence-electron chi connectivity index (χ1n) is 11.8. The van der Waals surface area contributed by atoms with Crippen molar-refractivity contribution >= 4 is 16.8 Å². The molecule has 0 saturated carbocycles. The number of likely N-dealkylation sites (tertiary alicyclic amines) is 1. The van der Waals surface area contributed by atoms with Crippen LogP contribution in [0.2, 0.25) is 0 Å². The summed E-state index contributed by atoms with van der Waals surface area (Å²) in [7, 11) is 0.759. The highest BCUT2D eigenvalue weighted by molar-refractivity contribution is 7.85. The molecule has 7 nitrogen and oxygen atoms in total. The number of hydrogen-bond acceptors (Lipinski definition) is 4. The van der Waals surface area contributed by atoms with E-state index in [4.69, 9.17) is 4.74 Å². The van der Waals surface area contributed by atoms with Gasteiger partial charge in [-0.3, -0.25) is 9.31 Å². The van der Waals surface area contributed by atoms with Gasteiger partial charge >= 0.3 is 12.2 Å². The van der Waals surface area contributed by atoms with Gasteiger partial charge < -0.3 is 14.5 Å². The molecule has 2 unspecified atom stereocenters. The first-order valence-corrected chi connectivity index (χ1v) is 13.3. The first kappa shape index (κ1) is 25.7. The van der Waals surface area contributed by atoms with Crippen LogP contribution in [0, 0.1) is 0 Å². The molecule has 3 heterocycles. The number of aromatic nitrogens is 2. The Balaban J connectivity index is 1.54. The van der Waals surface area contributed by atoms with Crippen molar-refractivity contribution in [3.63, 3.8) is 0 Å². The van der Waals surface area contributed by atoms with Crippen LogP contribution in [-0.2, 0) is 28.4 Å². The normalized spacial score (nSPS) is 21.9. The molecule has 192 valence electrons. The number of piperidine rings is 1. The zero-order valence-corrected chi connectivity index (χ0v) is 20.5. The lowest BCUT2D eigenvalue weighted by Crippen LogP contribution is -2.52. The maximum atomic E-state index is 13.4. The Bertz CT molecular complexity index is 1020. The molecule has 0 aliphatic carbocycles. The Kier molecular flexibility index (Phi) is 8.16. The van der Waals surface area contributed by atoms with E-state index in [1.807, 2.05) is 11.0 Å². The summed E-state index contributed by atoms with van der Waals surface area (Å²) in [6.45, 7) is 2.49. The molecule has 2 amide bonds. The fraction of sp³-hybridized carbons (Fsp3) is 0.583. The van der Waals surface area contributed by atoms with Gasteiger partial charge in [0, 0.05) is 79.5 Å². The van der Waals surface area contributed by atoms with Crippen LogP contribution in [0.3, 0.4) is 0 Å². The van der Waals surface area contributed by atoms with Crippen LogP contribution in [0.4, 0.5) is 18.0 Å². The Hall–Kier alpha value is -2.40. The number of hydrogen-bond donors (Lipinski definition) is 1. The summed E-state index contributed by atoms with van der Waals surface area (Å²) in [6.07, 6.45) is -3.77. The van der Waals surface area contributed by atoms with Gasteiger partial charge in [-0.1, -0.05) is 24.3 Å². The second-order valence-corrected chi connectivity index (χ2v) is 10.9. The number of nitrogens with zero attached hydrogens (tertiary/aromatic N) is 3. The van der Waals surface area contributed by atoms with Gasteiger partial charge in [0.15, 0.2) is 0 Å². The lowest BCUT2D eigenvalue weighted by Gasteiger charge is -2.40. The standard InChI is InChI=1S/C24H31F3N4O3S/c1-34-9-6-21-13-22(29-28-21)20-12-19(18-4-2-17(3-5-18)14-24(25,26)27)15-31(16-20)23(32)30-7-10-35(33)11-8-30/h2-5,13,19-20H,6-12,14-16H2,1H3,(H,28,29). The summed E-state index contributed by atoms with van der Waals surface area (Å²) in [5, 5.41) is 7.54. The molecule has 2 aliphatic rings. The molecule has 2 aliphatic heterocycles. The van der Waals surface area contributed by atoms with Crippen LogP contribution in [0.1, 0.15) is 40.8 Å². The average molecular weight is 513 g/mol. The van der Waals surface area contributed by atoms with Gasteiger partial charge in [0.05, 0.1) is 18.7 Å². The van der Waals surface area contributed by atoms with Crippen molar-refractivity contribution in [3.05, 3.63) is 52.8 Å². The number of ether oxygens (including phenoxy) is 1. The molecule has 2 saturated heterocycles. The molecule has 2 fully saturated rings. The van der Waals surface area contributed by atoms with E-state index in [-0.39, 0.29) is 23.4 Å². The van der Waals surface area contributed by atoms with Crippen LogP contribution >= 0.6 is 0 Å². The monoisotopic (exact) mass is 512 g/mol. The highest BCUT2D eigenvalue weighted by atomic mass is 32.2. The van der Waals surface area contributed by atoms with Crippen LogP contribution in [0.15, 0.2) is 30.3 Å². The van der Waals surface area contributed by atoms with E-state index in [9.17, 15) is 22.2 Å². The third-order valence-electron chi connectivity index (χ3n) is 6.67. The SMILES string of the molecule is COCCc1cc(C2CC(c3ccc(CC(F)(F)F)cc3)CN(C(=O)N3CCS(=O)CC3)C2)n[nH]1. The molecule has 2 aromatic rings. The number of halogens is 3. The Morgan fingerprint density at radius 3 is 2.49 bits per heavy atom. The van der Waals surface area contributed by atoms with Crippen molar-refractivity contribution in [2.45, 2.75) is 37.3 Å². The van der Waals surface area contributed by atoms with Crippen molar-refractivity contribution in [1.29, 1.82) is 0 Å². The fourth-order valence-corrected chi connectivity index (χ4v) is 5.86. The van der Waals surface area contributed by atoms with Gasteiger partial charge in [0.1, 0.15) is 0 Å². The molecule has 0 radical (unpaired) electrons. The average Bonchev–Trinajstić information content (AvgIpc) is 3.31. The molecule has 1 aromatic heterocycles. The van der Waals surface area contributed by atoms with Gasteiger partial charge in [-0.25, -0.2) is 4.79 Å². The Morgan fingerprint density at radius 1 is 1.14 bits per heavy atom. The van der Waals surface area contributed by atoms with E-state index >= 15 is 0 Å². The van der Waals surface area contributed by atoms with Crippen LogP contribution < -0.4 is 0 Å². The number of aromatic amines is 1. The summed E-state index contributed by atoms with van der Waals surface area (Å²) in [6, 6.07) is 8.46. The second-order valence-electron chi connectivity index (χ2n) is 9.25. The third kappa shape index (κ3) is 6.84. The lowest BCUT2D eigenvalue weighted by molar-refractivity contribution is -0.127. The molecular formula is C24H31F3N4O3S. The van der Waals surface area contributed by atoms with Crippen LogP contribution in [0.25, 0.3) is 0 Å². The maximum Gasteiger partial charge on any atom is 0.393 e. The minimum Gasteiger partial charge on any atom is -0.384 e. The molecular weight excluding hydrogens is 481 g/mol. The number of nitrogens with one attached hydrogen (secondary N) is 1. The number of amides is 2. The molecule has 11 heteroatoms. The predicted octanol–water partition coefficient (Wildman–Crippen LogP) is 3.46. The largest absolute Gasteiger partial charge is 0.393 e. The van der Waals surface area contributed by atoms with Gasteiger partial charge in [-0.15, -0.1) is 0 Å². The number of carbonyl (C=O) groups excluding carboxylic acids is 1. The molecule has 0 bridgehead atoms. The van der Waals surface area contributed by atoms with Crippen LogP contribution in [0.5, 0.6) is 0 Å². The van der Waals surface area contributed by atoms with E-state index in [0.717, 1.165) is 23.4 Å². The quantitative estimate of drug-likeness (QED) is 0.643. The van der Waals surface area contributed by atoms with E-state index in [2.05, 4.69) is 10.2 Å². The van der Waals surface area contributed by atoms with Gasteiger partial charge in [0.25, 0.3) is 0 Å². The van der Waals surface area contributed by atoms with E-state index in [1.165, 1.54) is 12.1 Å². The molecule has 0 spiro atoms. The molecule has 4 rings (SSSR count). The minimum absolute atomic E-state index is 0.0148. The number of methoxy groups -OCH3 is 1. The number of benzene rings is 1. The summed E-state index contributed by atoms with van der Waals surface area (Å²) < 4.78 is 55.2. The number of alkyl halides is 3. The zero-order valence-electron chi connectivity index (χ0n) is 19.7. The Morgan fingerprint density at radius 2 is 1.83 bits per heavy atom. The van der Waals surface area contributed by atoms with Crippen molar-refractivity contribution in [2.24, 2.45) is 0 Å². The highest BCUT2D eigenvalue weighted by Gasteiger charge is 2.35. The van der Waals surface area contributed by atoms with E-state index < -0.39 is 23.4 Å². The van der Waals surface area contributed by atoms with Gasteiger partial charge in [-0.05, 0) is 23.6 Å². The lowest BCUT2D eigenvalue weighted by atomic mass is 9.82. The Labute approximate surface area is 205 Å². The second kappa shape index (κ2) is 11.1. The van der Waals surface area contributed by atoms with Crippen molar-refractivity contribution in [2.75, 3.05) is 51.4 Å². The zero-order chi connectivity index (χ0) is 25.0.